The number of hydrogen-bond acceptors (Lipinski definition) is 4. The zero-order valence-electron chi connectivity index (χ0n) is 14.5. The van der Waals surface area contributed by atoms with Crippen LogP contribution in [0.1, 0.15) is 0 Å². The van der Waals surface area contributed by atoms with E-state index in [1.54, 1.807) is 0 Å². The highest BCUT2D eigenvalue weighted by Gasteiger charge is 2.24. The van der Waals surface area contributed by atoms with E-state index in [2.05, 4.69) is 10.2 Å². The van der Waals surface area contributed by atoms with E-state index in [0.717, 1.165) is 36.8 Å². The van der Waals surface area contributed by atoms with Gasteiger partial charge in [0.05, 0.1) is 31.1 Å². The molecular weight excluding hydrogens is 391 g/mol. The quantitative estimate of drug-likeness (QED) is 0.586. The van der Waals surface area contributed by atoms with Crippen LogP contribution >= 0.6 is 23.2 Å². The average Bonchev–Trinajstić information content (AvgIpc) is 2.63. The Balaban J connectivity index is 1.55. The molecule has 0 aliphatic carbocycles. The van der Waals surface area contributed by atoms with Crippen molar-refractivity contribution in [2.75, 3.05) is 42.9 Å². The Bertz CT molecular complexity index is 854. The Kier molecular flexibility index (Phi) is 6.15. The summed E-state index contributed by atoms with van der Waals surface area (Å²) in [6.45, 7) is 3.46. The van der Waals surface area contributed by atoms with Crippen molar-refractivity contribution < 1.29 is 14.6 Å². The van der Waals surface area contributed by atoms with Crippen molar-refractivity contribution >= 4 is 46.2 Å². The molecule has 1 aliphatic rings. The molecule has 0 radical (unpaired) electrons. The average molecular weight is 410 g/mol. The molecule has 1 fully saturated rings. The Hall–Kier alpha value is -2.35. The van der Waals surface area contributed by atoms with Crippen molar-refractivity contribution in [2.45, 2.75) is 0 Å². The molecule has 2 aromatic carbocycles. The number of quaternary nitrogens is 1. The Morgan fingerprint density at radius 3 is 2.52 bits per heavy atom. The third-order valence-electron chi connectivity index (χ3n) is 4.49. The first-order chi connectivity index (χ1) is 12.9. The van der Waals surface area contributed by atoms with Gasteiger partial charge in [0.2, 0.25) is 0 Å². The number of carbonyl (C=O) groups is 1. The first-order valence-electron chi connectivity index (χ1n) is 8.50. The van der Waals surface area contributed by atoms with Gasteiger partial charge >= 0.3 is 0 Å². The second-order valence-corrected chi connectivity index (χ2v) is 7.23. The van der Waals surface area contributed by atoms with Gasteiger partial charge in [0, 0.05) is 21.8 Å². The fourth-order valence-electron chi connectivity index (χ4n) is 3.11. The van der Waals surface area contributed by atoms with Crippen LogP contribution in [0.25, 0.3) is 0 Å². The topological polar surface area (TPSA) is 79.9 Å². The number of nitrogens with one attached hydrogen (secondary N) is 2. The monoisotopic (exact) mass is 409 g/mol. The highest BCUT2D eigenvalue weighted by Crippen LogP contribution is 2.27. The molecule has 0 unspecified atom stereocenters. The zero-order valence-corrected chi connectivity index (χ0v) is 16.0. The fraction of sp³-hybridized carbons (Fsp3) is 0.278. The molecule has 7 nitrogen and oxygen atoms in total. The number of nitrogens with zero attached hydrogens (tertiary/aromatic N) is 2. The second-order valence-electron chi connectivity index (χ2n) is 6.36. The van der Waals surface area contributed by atoms with Gasteiger partial charge in [0.15, 0.2) is 6.54 Å². The van der Waals surface area contributed by atoms with Gasteiger partial charge in [-0.2, -0.15) is 0 Å². The van der Waals surface area contributed by atoms with Gasteiger partial charge in [0.1, 0.15) is 5.69 Å². The summed E-state index contributed by atoms with van der Waals surface area (Å²) < 4.78 is 0. The minimum atomic E-state index is -0.557. The lowest BCUT2D eigenvalue weighted by molar-refractivity contribution is -0.892. The van der Waals surface area contributed by atoms with Crippen LogP contribution in [0.15, 0.2) is 42.5 Å². The molecule has 1 saturated heterocycles. The van der Waals surface area contributed by atoms with E-state index in [1.165, 1.54) is 18.2 Å². The van der Waals surface area contributed by atoms with E-state index in [1.807, 2.05) is 24.3 Å². The molecular formula is C18H19Cl2N4O3+. The molecule has 3 rings (SSSR count). The SMILES string of the molecule is O=C(C[NH+]1CCN(c2cccc(Cl)c2)CC1)Nc1ccc(Cl)cc1[N+](=O)[O-]. The number of halogens is 2. The number of nitro benzene ring substituents is 1. The predicted octanol–water partition coefficient (Wildman–Crippen LogP) is 2.25. The molecule has 2 aromatic rings. The standard InChI is InChI=1S/C18H18Cl2N4O3/c19-13-2-1-3-15(10-13)23-8-6-22(7-9-23)12-18(25)21-16-5-4-14(20)11-17(16)24(26)27/h1-5,10-11H,6-9,12H2,(H,21,25)/p+1. The number of nitro groups is 1. The highest BCUT2D eigenvalue weighted by molar-refractivity contribution is 6.31. The summed E-state index contributed by atoms with van der Waals surface area (Å²) in [6.07, 6.45) is 0. The second kappa shape index (κ2) is 8.56. The van der Waals surface area contributed by atoms with Crippen molar-refractivity contribution in [1.29, 1.82) is 0 Å². The van der Waals surface area contributed by atoms with Gasteiger partial charge in [-0.25, -0.2) is 0 Å². The lowest BCUT2D eigenvalue weighted by Crippen LogP contribution is -3.15. The molecule has 9 heteroatoms. The van der Waals surface area contributed by atoms with E-state index in [4.69, 9.17) is 23.2 Å². The van der Waals surface area contributed by atoms with Crippen LogP contribution in [0.4, 0.5) is 17.1 Å². The fourth-order valence-corrected chi connectivity index (χ4v) is 3.46. The molecule has 0 saturated carbocycles. The Morgan fingerprint density at radius 2 is 1.85 bits per heavy atom. The van der Waals surface area contributed by atoms with Crippen molar-refractivity contribution in [3.05, 3.63) is 62.6 Å². The smallest absolute Gasteiger partial charge is 0.294 e. The summed E-state index contributed by atoms with van der Waals surface area (Å²) in [7, 11) is 0. The summed E-state index contributed by atoms with van der Waals surface area (Å²) in [5.41, 5.74) is 1.02. The van der Waals surface area contributed by atoms with Crippen molar-refractivity contribution in [3.63, 3.8) is 0 Å². The largest absolute Gasteiger partial charge is 0.360 e. The van der Waals surface area contributed by atoms with Crippen molar-refractivity contribution in [2.24, 2.45) is 0 Å². The maximum atomic E-state index is 12.3. The lowest BCUT2D eigenvalue weighted by atomic mass is 10.2. The van der Waals surface area contributed by atoms with Crippen LogP contribution in [-0.4, -0.2) is 43.6 Å². The Morgan fingerprint density at radius 1 is 1.15 bits per heavy atom. The van der Waals surface area contributed by atoms with E-state index >= 15 is 0 Å². The van der Waals surface area contributed by atoms with Gasteiger partial charge in [0.25, 0.3) is 11.6 Å². The molecule has 0 atom stereocenters. The maximum absolute atomic E-state index is 12.3. The van der Waals surface area contributed by atoms with E-state index in [0.29, 0.717) is 5.02 Å². The molecule has 0 aromatic heterocycles. The molecule has 2 N–H and O–H groups in total. The lowest BCUT2D eigenvalue weighted by Gasteiger charge is -2.33. The van der Waals surface area contributed by atoms with E-state index in [-0.39, 0.29) is 28.8 Å². The predicted molar refractivity (Wildman–Crippen MR) is 106 cm³/mol. The minimum absolute atomic E-state index is 0.159. The summed E-state index contributed by atoms with van der Waals surface area (Å²) >= 11 is 11.8. The number of benzene rings is 2. The van der Waals surface area contributed by atoms with Gasteiger partial charge in [-0.05, 0) is 30.3 Å². The van der Waals surface area contributed by atoms with Crippen LogP contribution in [0, 0.1) is 10.1 Å². The third kappa shape index (κ3) is 5.09. The number of rotatable bonds is 5. The first-order valence-corrected chi connectivity index (χ1v) is 9.26. The first kappa shape index (κ1) is 19.4. The van der Waals surface area contributed by atoms with Gasteiger partial charge < -0.3 is 15.1 Å². The normalized spacial score (nSPS) is 14.8. The summed E-state index contributed by atoms with van der Waals surface area (Å²) in [6, 6.07) is 11.9. The number of anilines is 2. The number of piperazine rings is 1. The number of amides is 1. The van der Waals surface area contributed by atoms with Crippen LogP contribution in [0.3, 0.4) is 0 Å². The van der Waals surface area contributed by atoms with Gasteiger partial charge in [-0.15, -0.1) is 0 Å². The minimum Gasteiger partial charge on any atom is -0.360 e. The Labute approximate surface area is 166 Å². The molecule has 1 heterocycles. The van der Waals surface area contributed by atoms with Crippen LogP contribution in [0.2, 0.25) is 10.0 Å². The van der Waals surface area contributed by atoms with Crippen LogP contribution in [-0.2, 0) is 4.79 Å². The van der Waals surface area contributed by atoms with E-state index < -0.39 is 4.92 Å². The maximum Gasteiger partial charge on any atom is 0.294 e. The molecule has 27 heavy (non-hydrogen) atoms. The van der Waals surface area contributed by atoms with Crippen molar-refractivity contribution in [1.82, 2.24) is 0 Å². The molecule has 1 aliphatic heterocycles. The summed E-state index contributed by atoms with van der Waals surface area (Å²) in [4.78, 5) is 26.2. The number of hydrogen-bond donors (Lipinski definition) is 2. The molecule has 0 bridgehead atoms. The van der Waals surface area contributed by atoms with E-state index in [9.17, 15) is 14.9 Å². The molecule has 1 amide bonds. The third-order valence-corrected chi connectivity index (χ3v) is 4.96. The molecule has 142 valence electrons. The van der Waals surface area contributed by atoms with Crippen LogP contribution in [0.5, 0.6) is 0 Å². The molecule has 0 spiro atoms. The highest BCUT2D eigenvalue weighted by atomic mass is 35.5. The van der Waals surface area contributed by atoms with Crippen LogP contribution < -0.4 is 15.1 Å². The zero-order chi connectivity index (χ0) is 19.4. The number of carbonyl (C=O) groups excluding carboxylic acids is 1. The summed E-state index contributed by atoms with van der Waals surface area (Å²) in [5, 5.41) is 14.7. The van der Waals surface area contributed by atoms with Gasteiger partial charge in [-0.1, -0.05) is 29.3 Å². The summed E-state index contributed by atoms with van der Waals surface area (Å²) in [5.74, 6) is -0.258. The van der Waals surface area contributed by atoms with Crippen molar-refractivity contribution in [3.8, 4) is 0 Å². The van der Waals surface area contributed by atoms with Gasteiger partial charge in [-0.3, -0.25) is 14.9 Å².